The second-order valence-electron chi connectivity index (χ2n) is 4.54. The third-order valence-electron chi connectivity index (χ3n) is 2.90. The normalized spacial score (nSPS) is 12.9. The summed E-state index contributed by atoms with van der Waals surface area (Å²) >= 11 is 0. The van der Waals surface area contributed by atoms with Crippen LogP contribution in [-0.4, -0.2) is 12.6 Å². The highest BCUT2D eigenvalue weighted by atomic mass is 14.9. The molecule has 1 aromatic carbocycles. The molecule has 0 bridgehead atoms. The molecule has 15 heavy (non-hydrogen) atoms. The van der Waals surface area contributed by atoms with Crippen LogP contribution in [0.25, 0.3) is 0 Å². The van der Waals surface area contributed by atoms with Crippen LogP contribution >= 0.6 is 0 Å². The summed E-state index contributed by atoms with van der Waals surface area (Å²) in [7, 11) is 0. The highest BCUT2D eigenvalue weighted by Crippen LogP contribution is 2.17. The van der Waals surface area contributed by atoms with Crippen molar-refractivity contribution < 1.29 is 0 Å². The summed E-state index contributed by atoms with van der Waals surface area (Å²) in [5, 5.41) is 3.46. The highest BCUT2D eigenvalue weighted by molar-refractivity contribution is 5.37. The molecule has 0 heterocycles. The summed E-state index contributed by atoms with van der Waals surface area (Å²) in [6.07, 6.45) is 1.13. The second kappa shape index (κ2) is 5.32. The maximum atomic E-state index is 3.46. The molecule has 0 radical (unpaired) electrons. The van der Waals surface area contributed by atoms with Gasteiger partial charge in [-0.2, -0.15) is 0 Å². The standard InChI is InChI=1S/C14H23N/c1-6-15-13(5)9-14-11(3)7-10(2)8-12(14)4/h7-8,13,15H,6,9H2,1-5H3. The lowest BCUT2D eigenvalue weighted by atomic mass is 9.95. The van der Waals surface area contributed by atoms with Crippen molar-refractivity contribution in [3.63, 3.8) is 0 Å². The van der Waals surface area contributed by atoms with Crippen molar-refractivity contribution in [3.05, 3.63) is 34.4 Å². The van der Waals surface area contributed by atoms with E-state index < -0.39 is 0 Å². The number of likely N-dealkylation sites (N-methyl/N-ethyl adjacent to an activating group) is 1. The van der Waals surface area contributed by atoms with Crippen molar-refractivity contribution in [1.29, 1.82) is 0 Å². The molecule has 0 aromatic heterocycles. The summed E-state index contributed by atoms with van der Waals surface area (Å²) < 4.78 is 0. The minimum atomic E-state index is 0.565. The number of aryl methyl sites for hydroxylation is 3. The Bertz CT molecular complexity index is 305. The van der Waals surface area contributed by atoms with E-state index in [0.29, 0.717) is 6.04 Å². The molecule has 1 atom stereocenters. The molecule has 1 nitrogen and oxygen atoms in total. The number of hydrogen-bond acceptors (Lipinski definition) is 1. The van der Waals surface area contributed by atoms with Crippen molar-refractivity contribution in [2.45, 2.75) is 47.1 Å². The zero-order chi connectivity index (χ0) is 11.4. The third kappa shape index (κ3) is 3.35. The van der Waals surface area contributed by atoms with Crippen LogP contribution < -0.4 is 5.32 Å². The summed E-state index contributed by atoms with van der Waals surface area (Å²) in [5.74, 6) is 0. The Balaban J connectivity index is 2.85. The van der Waals surface area contributed by atoms with Crippen molar-refractivity contribution >= 4 is 0 Å². The van der Waals surface area contributed by atoms with E-state index >= 15 is 0 Å². The molecule has 1 heteroatoms. The largest absolute Gasteiger partial charge is 0.314 e. The zero-order valence-corrected chi connectivity index (χ0v) is 10.6. The quantitative estimate of drug-likeness (QED) is 0.796. The average Bonchev–Trinajstić information content (AvgIpc) is 2.11. The van der Waals surface area contributed by atoms with Crippen LogP contribution in [0.15, 0.2) is 12.1 Å². The predicted octanol–water partition coefficient (Wildman–Crippen LogP) is 3.15. The lowest BCUT2D eigenvalue weighted by Gasteiger charge is -2.16. The molecule has 0 aliphatic rings. The molecule has 0 fully saturated rings. The van der Waals surface area contributed by atoms with Gasteiger partial charge in [-0.05, 0) is 57.4 Å². The molecule has 0 aliphatic heterocycles. The van der Waals surface area contributed by atoms with Gasteiger partial charge in [0, 0.05) is 6.04 Å². The molecule has 1 rings (SSSR count). The van der Waals surface area contributed by atoms with Crippen molar-refractivity contribution in [2.24, 2.45) is 0 Å². The molecular weight excluding hydrogens is 182 g/mol. The van der Waals surface area contributed by atoms with Gasteiger partial charge < -0.3 is 5.32 Å². The molecule has 0 saturated carbocycles. The van der Waals surface area contributed by atoms with Gasteiger partial charge in [0.25, 0.3) is 0 Å². The molecule has 1 aromatic rings. The molecule has 0 saturated heterocycles. The van der Waals surface area contributed by atoms with Gasteiger partial charge in [-0.15, -0.1) is 0 Å². The fourth-order valence-electron chi connectivity index (χ4n) is 2.26. The third-order valence-corrected chi connectivity index (χ3v) is 2.90. The minimum Gasteiger partial charge on any atom is -0.314 e. The molecule has 84 valence electrons. The van der Waals surface area contributed by atoms with Gasteiger partial charge in [0.05, 0.1) is 0 Å². The first-order valence-corrected chi connectivity index (χ1v) is 5.84. The fraction of sp³-hybridized carbons (Fsp3) is 0.571. The van der Waals surface area contributed by atoms with E-state index in [2.05, 4.69) is 52.1 Å². The number of rotatable bonds is 4. The first-order chi connectivity index (χ1) is 7.04. The Morgan fingerprint density at radius 3 is 2.13 bits per heavy atom. The number of nitrogens with one attached hydrogen (secondary N) is 1. The van der Waals surface area contributed by atoms with E-state index in [1.807, 2.05) is 0 Å². The SMILES string of the molecule is CCNC(C)Cc1c(C)cc(C)cc1C. The Morgan fingerprint density at radius 1 is 1.13 bits per heavy atom. The molecule has 1 unspecified atom stereocenters. The average molecular weight is 205 g/mol. The van der Waals surface area contributed by atoms with Gasteiger partial charge >= 0.3 is 0 Å². The van der Waals surface area contributed by atoms with Crippen LogP contribution in [0.1, 0.15) is 36.1 Å². The second-order valence-corrected chi connectivity index (χ2v) is 4.54. The van der Waals surface area contributed by atoms with Crippen LogP contribution in [0.4, 0.5) is 0 Å². The first kappa shape index (κ1) is 12.3. The summed E-state index contributed by atoms with van der Waals surface area (Å²) in [6.45, 7) is 12.1. The van der Waals surface area contributed by atoms with Gasteiger partial charge in [0.1, 0.15) is 0 Å². The minimum absolute atomic E-state index is 0.565. The topological polar surface area (TPSA) is 12.0 Å². The van der Waals surface area contributed by atoms with E-state index in [1.54, 1.807) is 0 Å². The zero-order valence-electron chi connectivity index (χ0n) is 10.6. The lowest BCUT2D eigenvalue weighted by molar-refractivity contribution is 0.563. The number of hydrogen-bond donors (Lipinski definition) is 1. The van der Waals surface area contributed by atoms with Crippen LogP contribution in [0, 0.1) is 20.8 Å². The molecule has 0 aliphatic carbocycles. The molecule has 1 N–H and O–H groups in total. The van der Waals surface area contributed by atoms with Gasteiger partial charge in [-0.25, -0.2) is 0 Å². The Hall–Kier alpha value is -0.820. The lowest BCUT2D eigenvalue weighted by Crippen LogP contribution is -2.28. The van der Waals surface area contributed by atoms with E-state index in [1.165, 1.54) is 22.3 Å². The van der Waals surface area contributed by atoms with Gasteiger partial charge in [0.2, 0.25) is 0 Å². The van der Waals surface area contributed by atoms with Gasteiger partial charge in [-0.3, -0.25) is 0 Å². The van der Waals surface area contributed by atoms with Crippen LogP contribution in [0.2, 0.25) is 0 Å². The van der Waals surface area contributed by atoms with E-state index in [9.17, 15) is 0 Å². The van der Waals surface area contributed by atoms with Crippen LogP contribution in [-0.2, 0) is 6.42 Å². The maximum absolute atomic E-state index is 3.46. The maximum Gasteiger partial charge on any atom is 0.00792 e. The summed E-state index contributed by atoms with van der Waals surface area (Å²) in [4.78, 5) is 0. The fourth-order valence-corrected chi connectivity index (χ4v) is 2.26. The van der Waals surface area contributed by atoms with Crippen molar-refractivity contribution in [3.8, 4) is 0 Å². The van der Waals surface area contributed by atoms with E-state index in [0.717, 1.165) is 13.0 Å². The molecule has 0 amide bonds. The Morgan fingerprint density at radius 2 is 1.67 bits per heavy atom. The summed E-state index contributed by atoms with van der Waals surface area (Å²) in [5.41, 5.74) is 5.73. The monoisotopic (exact) mass is 205 g/mol. The molecule has 0 spiro atoms. The van der Waals surface area contributed by atoms with Crippen LogP contribution in [0.3, 0.4) is 0 Å². The predicted molar refractivity (Wildman–Crippen MR) is 67.5 cm³/mol. The summed E-state index contributed by atoms with van der Waals surface area (Å²) in [6, 6.07) is 5.12. The van der Waals surface area contributed by atoms with E-state index in [4.69, 9.17) is 0 Å². The smallest absolute Gasteiger partial charge is 0.00792 e. The van der Waals surface area contributed by atoms with E-state index in [-0.39, 0.29) is 0 Å². The van der Waals surface area contributed by atoms with Crippen molar-refractivity contribution in [2.75, 3.05) is 6.54 Å². The van der Waals surface area contributed by atoms with Gasteiger partial charge in [-0.1, -0.05) is 24.6 Å². The van der Waals surface area contributed by atoms with Crippen molar-refractivity contribution in [1.82, 2.24) is 5.32 Å². The Kier molecular flexibility index (Phi) is 4.34. The first-order valence-electron chi connectivity index (χ1n) is 5.84. The Labute approximate surface area is 93.9 Å². The molecular formula is C14H23N. The number of benzene rings is 1. The van der Waals surface area contributed by atoms with Crippen LogP contribution in [0.5, 0.6) is 0 Å². The van der Waals surface area contributed by atoms with Gasteiger partial charge in [0.15, 0.2) is 0 Å². The highest BCUT2D eigenvalue weighted by Gasteiger charge is 2.07.